The van der Waals surface area contributed by atoms with E-state index in [1.807, 2.05) is 25.1 Å². The highest BCUT2D eigenvalue weighted by Crippen LogP contribution is 2.24. The van der Waals surface area contributed by atoms with E-state index in [0.29, 0.717) is 5.82 Å². The summed E-state index contributed by atoms with van der Waals surface area (Å²) < 4.78 is 5.96. The Labute approximate surface area is 107 Å². The van der Waals surface area contributed by atoms with Crippen LogP contribution in [-0.4, -0.2) is 21.9 Å². The molecule has 5 nitrogen and oxygen atoms in total. The Kier molecular flexibility index (Phi) is 3.56. The van der Waals surface area contributed by atoms with E-state index in [4.69, 9.17) is 15.4 Å². The van der Waals surface area contributed by atoms with Crippen molar-refractivity contribution in [3.8, 4) is 11.4 Å². The van der Waals surface area contributed by atoms with Gasteiger partial charge in [0.05, 0.1) is 6.61 Å². The smallest absolute Gasteiger partial charge is 0.246 e. The van der Waals surface area contributed by atoms with Gasteiger partial charge in [-0.2, -0.15) is 4.98 Å². The Hall–Kier alpha value is -1.24. The van der Waals surface area contributed by atoms with Gasteiger partial charge >= 0.3 is 0 Å². The molecule has 0 aliphatic rings. The highest BCUT2D eigenvalue weighted by Gasteiger charge is 2.14. The summed E-state index contributed by atoms with van der Waals surface area (Å²) in [6.45, 7) is 1.77. The van der Waals surface area contributed by atoms with Gasteiger partial charge in [-0.3, -0.25) is 0 Å². The van der Waals surface area contributed by atoms with E-state index in [9.17, 15) is 0 Å². The minimum absolute atomic E-state index is 0.223. The lowest BCUT2D eigenvalue weighted by molar-refractivity contribution is 0.237. The minimum atomic E-state index is -0.634. The SMILES string of the molecule is Cc1ccc(-c2noc(C(N)CO)n2)cc1Br. The molecule has 0 amide bonds. The third-order valence-electron chi connectivity index (χ3n) is 2.39. The fourth-order valence-corrected chi connectivity index (χ4v) is 1.69. The summed E-state index contributed by atoms with van der Waals surface area (Å²) >= 11 is 3.44. The van der Waals surface area contributed by atoms with Gasteiger partial charge in [0, 0.05) is 10.0 Å². The lowest BCUT2D eigenvalue weighted by Gasteiger charge is -2.00. The Morgan fingerprint density at radius 1 is 1.53 bits per heavy atom. The van der Waals surface area contributed by atoms with E-state index in [1.165, 1.54) is 0 Å². The van der Waals surface area contributed by atoms with Crippen molar-refractivity contribution < 1.29 is 9.63 Å². The maximum Gasteiger partial charge on any atom is 0.246 e. The average Bonchev–Trinajstić information content (AvgIpc) is 2.81. The van der Waals surface area contributed by atoms with Gasteiger partial charge in [-0.1, -0.05) is 33.2 Å². The molecule has 1 unspecified atom stereocenters. The summed E-state index contributed by atoms with van der Waals surface area (Å²) in [5.74, 6) is 0.698. The van der Waals surface area contributed by atoms with E-state index in [1.54, 1.807) is 0 Å². The van der Waals surface area contributed by atoms with Crippen molar-refractivity contribution >= 4 is 15.9 Å². The first-order chi connectivity index (χ1) is 8.11. The summed E-state index contributed by atoms with van der Waals surface area (Å²) in [4.78, 5) is 4.14. The number of aromatic nitrogens is 2. The predicted molar refractivity (Wildman–Crippen MR) is 66.2 cm³/mol. The minimum Gasteiger partial charge on any atom is -0.394 e. The highest BCUT2D eigenvalue weighted by molar-refractivity contribution is 9.10. The van der Waals surface area contributed by atoms with Gasteiger partial charge in [0.1, 0.15) is 6.04 Å². The van der Waals surface area contributed by atoms with Crippen molar-refractivity contribution in [3.63, 3.8) is 0 Å². The first-order valence-electron chi connectivity index (χ1n) is 5.08. The monoisotopic (exact) mass is 297 g/mol. The number of aryl methyl sites for hydroxylation is 1. The molecule has 2 rings (SSSR count). The molecule has 1 aromatic carbocycles. The Morgan fingerprint density at radius 3 is 2.94 bits per heavy atom. The number of rotatable bonds is 3. The van der Waals surface area contributed by atoms with Crippen LogP contribution in [0.2, 0.25) is 0 Å². The van der Waals surface area contributed by atoms with Gasteiger partial charge in [0.25, 0.3) is 0 Å². The molecule has 6 heteroatoms. The molecule has 0 radical (unpaired) electrons. The number of nitrogens with two attached hydrogens (primary N) is 1. The zero-order chi connectivity index (χ0) is 12.4. The topological polar surface area (TPSA) is 85.2 Å². The molecule has 1 heterocycles. The fourth-order valence-electron chi connectivity index (χ4n) is 1.31. The van der Waals surface area contributed by atoms with Crippen molar-refractivity contribution in [3.05, 3.63) is 34.1 Å². The molecule has 2 aromatic rings. The molecular weight excluding hydrogens is 286 g/mol. The highest BCUT2D eigenvalue weighted by atomic mass is 79.9. The van der Waals surface area contributed by atoms with Gasteiger partial charge < -0.3 is 15.4 Å². The maximum absolute atomic E-state index is 8.89. The van der Waals surface area contributed by atoms with Gasteiger partial charge in [0.15, 0.2) is 0 Å². The molecule has 0 saturated carbocycles. The van der Waals surface area contributed by atoms with E-state index in [0.717, 1.165) is 15.6 Å². The molecule has 0 aliphatic carbocycles. The molecule has 0 bridgehead atoms. The molecule has 3 N–H and O–H groups in total. The second-order valence-corrected chi connectivity index (χ2v) is 4.56. The zero-order valence-corrected chi connectivity index (χ0v) is 10.8. The summed E-state index contributed by atoms with van der Waals surface area (Å²) in [6, 6.07) is 5.14. The van der Waals surface area contributed by atoms with Gasteiger partial charge in [-0.05, 0) is 18.6 Å². The van der Waals surface area contributed by atoms with Crippen LogP contribution >= 0.6 is 15.9 Å². The van der Waals surface area contributed by atoms with Crippen molar-refractivity contribution in [2.45, 2.75) is 13.0 Å². The summed E-state index contributed by atoms with van der Waals surface area (Å²) in [6.07, 6.45) is 0. The predicted octanol–water partition coefficient (Wildman–Crippen LogP) is 1.80. The normalized spacial score (nSPS) is 12.7. The molecule has 1 atom stereocenters. The summed E-state index contributed by atoms with van der Waals surface area (Å²) in [7, 11) is 0. The average molecular weight is 298 g/mol. The van der Waals surface area contributed by atoms with Crippen LogP contribution < -0.4 is 5.73 Å². The zero-order valence-electron chi connectivity index (χ0n) is 9.22. The fraction of sp³-hybridized carbons (Fsp3) is 0.273. The number of hydrogen-bond acceptors (Lipinski definition) is 5. The molecule has 17 heavy (non-hydrogen) atoms. The second kappa shape index (κ2) is 4.95. The molecular formula is C11H12BrN3O2. The van der Waals surface area contributed by atoms with E-state index in [2.05, 4.69) is 26.1 Å². The second-order valence-electron chi connectivity index (χ2n) is 3.71. The molecule has 90 valence electrons. The van der Waals surface area contributed by atoms with Crippen molar-refractivity contribution in [2.24, 2.45) is 5.73 Å². The van der Waals surface area contributed by atoms with Crippen LogP contribution in [0.5, 0.6) is 0 Å². The lowest BCUT2D eigenvalue weighted by atomic mass is 10.1. The van der Waals surface area contributed by atoms with Crippen LogP contribution in [0.1, 0.15) is 17.5 Å². The van der Waals surface area contributed by atoms with Crippen LogP contribution in [0.4, 0.5) is 0 Å². The first kappa shape index (κ1) is 12.2. The van der Waals surface area contributed by atoms with Gasteiger partial charge in [-0.15, -0.1) is 0 Å². The quantitative estimate of drug-likeness (QED) is 0.902. The van der Waals surface area contributed by atoms with Gasteiger partial charge in [0.2, 0.25) is 11.7 Å². The van der Waals surface area contributed by atoms with Crippen LogP contribution in [0.25, 0.3) is 11.4 Å². The molecule has 0 spiro atoms. The van der Waals surface area contributed by atoms with Crippen LogP contribution in [-0.2, 0) is 0 Å². The Bertz CT molecular complexity index is 527. The number of nitrogens with zero attached hydrogens (tertiary/aromatic N) is 2. The Balaban J connectivity index is 2.33. The van der Waals surface area contributed by atoms with E-state index < -0.39 is 6.04 Å². The molecule has 0 aliphatic heterocycles. The van der Waals surface area contributed by atoms with E-state index in [-0.39, 0.29) is 12.5 Å². The number of hydrogen-bond donors (Lipinski definition) is 2. The number of benzene rings is 1. The van der Waals surface area contributed by atoms with Crippen LogP contribution in [0.3, 0.4) is 0 Å². The standard InChI is InChI=1S/C11H12BrN3O2/c1-6-2-3-7(4-8(6)12)10-14-11(17-15-10)9(13)5-16/h2-4,9,16H,5,13H2,1H3. The third kappa shape index (κ3) is 2.54. The summed E-state index contributed by atoms with van der Waals surface area (Å²) in [5, 5.41) is 12.7. The Morgan fingerprint density at radius 2 is 2.29 bits per heavy atom. The number of aliphatic hydroxyl groups is 1. The van der Waals surface area contributed by atoms with Crippen LogP contribution in [0.15, 0.2) is 27.2 Å². The third-order valence-corrected chi connectivity index (χ3v) is 3.24. The largest absolute Gasteiger partial charge is 0.394 e. The molecule has 1 aromatic heterocycles. The van der Waals surface area contributed by atoms with Crippen molar-refractivity contribution in [2.75, 3.05) is 6.61 Å². The van der Waals surface area contributed by atoms with Crippen molar-refractivity contribution in [1.82, 2.24) is 10.1 Å². The molecule has 0 fully saturated rings. The molecule has 0 saturated heterocycles. The van der Waals surface area contributed by atoms with Crippen LogP contribution in [0, 0.1) is 6.92 Å². The van der Waals surface area contributed by atoms with Gasteiger partial charge in [-0.25, -0.2) is 0 Å². The van der Waals surface area contributed by atoms with E-state index >= 15 is 0 Å². The maximum atomic E-state index is 8.89. The van der Waals surface area contributed by atoms with Crippen molar-refractivity contribution in [1.29, 1.82) is 0 Å². The number of halogens is 1. The number of aliphatic hydroxyl groups excluding tert-OH is 1. The lowest BCUT2D eigenvalue weighted by Crippen LogP contribution is -2.14. The summed E-state index contributed by atoms with van der Waals surface area (Å²) in [5.41, 5.74) is 7.55. The first-order valence-corrected chi connectivity index (χ1v) is 5.87.